The number of ether oxygens (including phenoxy) is 2. The highest BCUT2D eigenvalue weighted by Gasteiger charge is 2.11. The van der Waals surface area contributed by atoms with E-state index in [0.29, 0.717) is 24.7 Å². The Balaban J connectivity index is 1.87. The maximum atomic E-state index is 9.30. The minimum atomic E-state index is -0.221. The van der Waals surface area contributed by atoms with Crippen molar-refractivity contribution in [2.45, 2.75) is 19.3 Å². The van der Waals surface area contributed by atoms with E-state index < -0.39 is 0 Å². The van der Waals surface area contributed by atoms with Crippen LogP contribution in [0.4, 0.5) is 0 Å². The lowest BCUT2D eigenvalue weighted by Crippen LogP contribution is -2.04. The fourth-order valence-corrected chi connectivity index (χ4v) is 2.32. The first kappa shape index (κ1) is 16.2. The fourth-order valence-electron chi connectivity index (χ4n) is 2.12. The van der Waals surface area contributed by atoms with Crippen LogP contribution in [0.3, 0.4) is 0 Å². The number of hydrogen-bond acceptors (Lipinski definition) is 3. The summed E-state index contributed by atoms with van der Waals surface area (Å²) in [6.45, 7) is 3.06. The van der Waals surface area contributed by atoms with Gasteiger partial charge in [0.05, 0.1) is 25.2 Å². The topological polar surface area (TPSA) is 42.2 Å². The third-order valence-corrected chi connectivity index (χ3v) is 3.45. The second kappa shape index (κ2) is 8.31. The monoisotopic (exact) mass is 315 g/mol. The third-order valence-electron chi connectivity index (χ3n) is 3.22. The second-order valence-corrected chi connectivity index (χ2v) is 5.21. The van der Waals surface area contributed by atoms with Crippen LogP contribution >= 0.6 is 11.6 Å². The molecule has 0 radical (unpaired) electrons. The number of benzene rings is 2. The van der Waals surface area contributed by atoms with Gasteiger partial charge in [0, 0.05) is 11.4 Å². The Bertz CT molecular complexity index is 634. The molecule has 4 heteroatoms. The highest BCUT2D eigenvalue weighted by atomic mass is 35.5. The molecule has 1 atom stereocenters. The Kier molecular flexibility index (Phi) is 6.12. The van der Waals surface area contributed by atoms with E-state index in [-0.39, 0.29) is 5.92 Å². The molecule has 0 fully saturated rings. The Morgan fingerprint density at radius 1 is 1.09 bits per heavy atom. The molecule has 0 aliphatic heterocycles. The zero-order chi connectivity index (χ0) is 15.8. The molecule has 0 aliphatic carbocycles. The van der Waals surface area contributed by atoms with E-state index in [0.717, 1.165) is 17.1 Å². The summed E-state index contributed by atoms with van der Waals surface area (Å²) >= 11 is 5.96. The summed E-state index contributed by atoms with van der Waals surface area (Å²) in [7, 11) is 0. The Morgan fingerprint density at radius 2 is 1.77 bits per heavy atom. The summed E-state index contributed by atoms with van der Waals surface area (Å²) in [5.74, 6) is 1.37. The van der Waals surface area contributed by atoms with Gasteiger partial charge in [-0.25, -0.2) is 0 Å². The third kappa shape index (κ3) is 4.68. The van der Waals surface area contributed by atoms with Crippen LogP contribution in [0.15, 0.2) is 48.5 Å². The number of nitriles is 1. The molecule has 2 rings (SSSR count). The fraction of sp³-hybridized carbons (Fsp3) is 0.278. The summed E-state index contributed by atoms with van der Waals surface area (Å²) in [5, 5.41) is 9.94. The van der Waals surface area contributed by atoms with Crippen LogP contribution in [0, 0.1) is 11.3 Å². The van der Waals surface area contributed by atoms with Gasteiger partial charge in [0.2, 0.25) is 0 Å². The predicted octanol–water partition coefficient (Wildman–Crippen LogP) is 4.81. The lowest BCUT2D eigenvalue weighted by Gasteiger charge is -2.11. The van der Waals surface area contributed by atoms with Crippen LogP contribution in [-0.4, -0.2) is 13.2 Å². The highest BCUT2D eigenvalue weighted by molar-refractivity contribution is 6.30. The van der Waals surface area contributed by atoms with Gasteiger partial charge >= 0.3 is 0 Å². The van der Waals surface area contributed by atoms with Crippen molar-refractivity contribution in [2.75, 3.05) is 13.2 Å². The number of halogens is 1. The first-order valence-electron chi connectivity index (χ1n) is 7.23. The van der Waals surface area contributed by atoms with Crippen molar-refractivity contribution in [3.63, 3.8) is 0 Å². The van der Waals surface area contributed by atoms with Crippen LogP contribution in [0.2, 0.25) is 5.02 Å². The molecule has 0 saturated heterocycles. The van der Waals surface area contributed by atoms with Gasteiger partial charge in [0.1, 0.15) is 11.5 Å². The molecule has 0 spiro atoms. The molecule has 22 heavy (non-hydrogen) atoms. The van der Waals surface area contributed by atoms with Gasteiger partial charge in [0.25, 0.3) is 0 Å². The van der Waals surface area contributed by atoms with Gasteiger partial charge in [-0.2, -0.15) is 5.26 Å². The SMILES string of the molecule is CCOc1ccc(OCCC(C#N)c2cccc(Cl)c2)cc1. The zero-order valence-electron chi connectivity index (χ0n) is 12.5. The van der Waals surface area contributed by atoms with Crippen molar-refractivity contribution in [2.24, 2.45) is 0 Å². The lowest BCUT2D eigenvalue weighted by atomic mass is 9.98. The Hall–Kier alpha value is -2.18. The Labute approximate surface area is 136 Å². The molecule has 2 aromatic carbocycles. The molecule has 1 unspecified atom stereocenters. The molecule has 0 N–H and O–H groups in total. The normalized spacial score (nSPS) is 11.5. The average Bonchev–Trinajstić information content (AvgIpc) is 2.53. The van der Waals surface area contributed by atoms with Gasteiger partial charge < -0.3 is 9.47 Å². The van der Waals surface area contributed by atoms with Crippen molar-refractivity contribution in [3.8, 4) is 17.6 Å². The molecule has 0 bridgehead atoms. The van der Waals surface area contributed by atoms with Crippen molar-refractivity contribution < 1.29 is 9.47 Å². The van der Waals surface area contributed by atoms with Gasteiger partial charge in [-0.1, -0.05) is 23.7 Å². The minimum absolute atomic E-state index is 0.221. The standard InChI is InChI=1S/C18H18ClNO2/c1-2-21-17-6-8-18(9-7-17)22-11-10-15(13-20)14-4-3-5-16(19)12-14/h3-9,12,15H,2,10-11H2,1H3. The highest BCUT2D eigenvalue weighted by Crippen LogP contribution is 2.23. The van der Waals surface area contributed by atoms with Crippen molar-refractivity contribution in [1.82, 2.24) is 0 Å². The van der Waals surface area contributed by atoms with Gasteiger partial charge in [-0.05, 0) is 48.9 Å². The number of rotatable bonds is 7. The largest absolute Gasteiger partial charge is 0.494 e. The van der Waals surface area contributed by atoms with Crippen LogP contribution in [0.1, 0.15) is 24.8 Å². The van der Waals surface area contributed by atoms with E-state index >= 15 is 0 Å². The van der Waals surface area contributed by atoms with E-state index in [1.54, 1.807) is 6.07 Å². The lowest BCUT2D eigenvalue weighted by molar-refractivity contribution is 0.304. The summed E-state index contributed by atoms with van der Waals surface area (Å²) in [6.07, 6.45) is 0.615. The second-order valence-electron chi connectivity index (χ2n) is 4.78. The van der Waals surface area contributed by atoms with E-state index in [9.17, 15) is 5.26 Å². The van der Waals surface area contributed by atoms with E-state index in [2.05, 4.69) is 6.07 Å². The molecule has 114 valence electrons. The summed E-state index contributed by atoms with van der Waals surface area (Å²) < 4.78 is 11.1. The van der Waals surface area contributed by atoms with Gasteiger partial charge in [-0.15, -0.1) is 0 Å². The predicted molar refractivity (Wildman–Crippen MR) is 87.5 cm³/mol. The molecule has 0 amide bonds. The smallest absolute Gasteiger partial charge is 0.119 e. The van der Waals surface area contributed by atoms with Crippen LogP contribution in [0.25, 0.3) is 0 Å². The first-order chi connectivity index (χ1) is 10.7. The molecule has 0 saturated carbocycles. The van der Waals surface area contributed by atoms with Crippen molar-refractivity contribution >= 4 is 11.6 Å². The van der Waals surface area contributed by atoms with Crippen LogP contribution < -0.4 is 9.47 Å². The van der Waals surface area contributed by atoms with Crippen molar-refractivity contribution in [3.05, 3.63) is 59.1 Å². The molecular weight excluding hydrogens is 298 g/mol. The van der Waals surface area contributed by atoms with E-state index in [1.807, 2.05) is 49.4 Å². The van der Waals surface area contributed by atoms with E-state index in [4.69, 9.17) is 21.1 Å². The summed E-state index contributed by atoms with van der Waals surface area (Å²) in [4.78, 5) is 0. The molecule has 0 heterocycles. The van der Waals surface area contributed by atoms with Crippen LogP contribution in [-0.2, 0) is 0 Å². The molecular formula is C18H18ClNO2. The first-order valence-corrected chi connectivity index (χ1v) is 7.61. The summed E-state index contributed by atoms with van der Waals surface area (Å²) in [5.41, 5.74) is 0.922. The van der Waals surface area contributed by atoms with Crippen LogP contribution in [0.5, 0.6) is 11.5 Å². The molecule has 2 aromatic rings. The summed E-state index contributed by atoms with van der Waals surface area (Å²) in [6, 6.07) is 17.2. The van der Waals surface area contributed by atoms with E-state index in [1.165, 1.54) is 0 Å². The average molecular weight is 316 g/mol. The number of hydrogen-bond donors (Lipinski definition) is 0. The Morgan fingerprint density at radius 3 is 2.36 bits per heavy atom. The maximum Gasteiger partial charge on any atom is 0.119 e. The molecule has 0 aliphatic rings. The van der Waals surface area contributed by atoms with Gasteiger partial charge in [-0.3, -0.25) is 0 Å². The quantitative estimate of drug-likeness (QED) is 0.736. The molecule has 3 nitrogen and oxygen atoms in total. The molecule has 0 aromatic heterocycles. The minimum Gasteiger partial charge on any atom is -0.494 e. The van der Waals surface area contributed by atoms with Gasteiger partial charge in [0.15, 0.2) is 0 Å². The zero-order valence-corrected chi connectivity index (χ0v) is 13.2. The van der Waals surface area contributed by atoms with Crippen molar-refractivity contribution in [1.29, 1.82) is 5.26 Å². The maximum absolute atomic E-state index is 9.30. The number of nitrogens with zero attached hydrogens (tertiary/aromatic N) is 1.